The molecule has 0 saturated carbocycles. The number of hydrogen-bond donors (Lipinski definition) is 2. The standard InChI is InChI=1S/C23H31N3O3S/c1-2-6-23(27)25-21-9-11-22(12-10-21)30(28,29)24-17-19-13-15-26(16-14-19)18-20-7-4-3-5-8-20/h3-5,7-12,19,24H,2,6,13-18H2,1H3,(H,25,27). The van der Waals surface area contributed by atoms with E-state index in [4.69, 9.17) is 0 Å². The Morgan fingerprint density at radius 3 is 2.33 bits per heavy atom. The fraction of sp³-hybridized carbons (Fsp3) is 0.435. The molecule has 0 spiro atoms. The smallest absolute Gasteiger partial charge is 0.240 e. The number of rotatable bonds is 9. The lowest BCUT2D eigenvalue weighted by atomic mass is 9.97. The van der Waals surface area contributed by atoms with Gasteiger partial charge in [0.25, 0.3) is 0 Å². The first-order chi connectivity index (χ1) is 14.5. The Morgan fingerprint density at radius 2 is 1.70 bits per heavy atom. The number of piperidine rings is 1. The van der Waals surface area contributed by atoms with E-state index in [-0.39, 0.29) is 10.8 Å². The zero-order valence-corrected chi connectivity index (χ0v) is 18.3. The molecule has 7 heteroatoms. The number of sulfonamides is 1. The van der Waals surface area contributed by atoms with Crippen LogP contribution in [0.5, 0.6) is 0 Å². The lowest BCUT2D eigenvalue weighted by molar-refractivity contribution is -0.116. The van der Waals surface area contributed by atoms with E-state index in [1.165, 1.54) is 17.7 Å². The maximum Gasteiger partial charge on any atom is 0.240 e. The summed E-state index contributed by atoms with van der Waals surface area (Å²) >= 11 is 0. The number of anilines is 1. The number of nitrogens with zero attached hydrogens (tertiary/aromatic N) is 1. The van der Waals surface area contributed by atoms with Crippen molar-refractivity contribution in [3.8, 4) is 0 Å². The van der Waals surface area contributed by atoms with Crippen molar-refractivity contribution in [3.63, 3.8) is 0 Å². The predicted octanol–water partition coefficient (Wildman–Crippen LogP) is 3.62. The van der Waals surface area contributed by atoms with Crippen LogP contribution < -0.4 is 10.0 Å². The number of amides is 1. The lowest BCUT2D eigenvalue weighted by Crippen LogP contribution is -2.38. The van der Waals surface area contributed by atoms with Crippen LogP contribution in [0.25, 0.3) is 0 Å². The highest BCUT2D eigenvalue weighted by atomic mass is 32.2. The molecule has 0 aliphatic carbocycles. The van der Waals surface area contributed by atoms with E-state index >= 15 is 0 Å². The van der Waals surface area contributed by atoms with Gasteiger partial charge in [-0.25, -0.2) is 13.1 Å². The molecule has 162 valence electrons. The van der Waals surface area contributed by atoms with E-state index in [0.717, 1.165) is 38.9 Å². The molecule has 3 rings (SSSR count). The topological polar surface area (TPSA) is 78.5 Å². The van der Waals surface area contributed by atoms with Crippen molar-refractivity contribution in [3.05, 3.63) is 60.2 Å². The van der Waals surface area contributed by atoms with Crippen molar-refractivity contribution >= 4 is 21.6 Å². The molecule has 0 atom stereocenters. The van der Waals surface area contributed by atoms with Gasteiger partial charge in [0.1, 0.15) is 0 Å². The summed E-state index contributed by atoms with van der Waals surface area (Å²) in [6, 6.07) is 16.7. The average molecular weight is 430 g/mol. The highest BCUT2D eigenvalue weighted by Gasteiger charge is 2.22. The van der Waals surface area contributed by atoms with Crippen LogP contribution in [-0.4, -0.2) is 38.9 Å². The van der Waals surface area contributed by atoms with Crippen molar-refractivity contribution in [1.29, 1.82) is 0 Å². The summed E-state index contributed by atoms with van der Waals surface area (Å²) in [4.78, 5) is 14.3. The molecule has 0 bridgehead atoms. The molecule has 30 heavy (non-hydrogen) atoms. The van der Waals surface area contributed by atoms with Gasteiger partial charge in [-0.15, -0.1) is 0 Å². The fourth-order valence-corrected chi connectivity index (χ4v) is 4.79. The van der Waals surface area contributed by atoms with Gasteiger partial charge in [0, 0.05) is 25.2 Å². The van der Waals surface area contributed by atoms with E-state index < -0.39 is 10.0 Å². The third-order valence-corrected chi connectivity index (χ3v) is 6.88. The first kappa shape index (κ1) is 22.5. The molecular weight excluding hydrogens is 398 g/mol. The summed E-state index contributed by atoms with van der Waals surface area (Å²) in [5, 5.41) is 2.77. The molecule has 2 aromatic carbocycles. The van der Waals surface area contributed by atoms with Crippen LogP contribution in [0.15, 0.2) is 59.5 Å². The molecule has 0 radical (unpaired) electrons. The lowest BCUT2D eigenvalue weighted by Gasteiger charge is -2.32. The van der Waals surface area contributed by atoms with E-state index in [9.17, 15) is 13.2 Å². The van der Waals surface area contributed by atoms with Crippen LogP contribution in [0.1, 0.15) is 38.2 Å². The second-order valence-electron chi connectivity index (χ2n) is 7.88. The molecule has 2 N–H and O–H groups in total. The average Bonchev–Trinajstić information content (AvgIpc) is 2.75. The van der Waals surface area contributed by atoms with Crippen LogP contribution in [0.3, 0.4) is 0 Å². The van der Waals surface area contributed by atoms with Gasteiger partial charge >= 0.3 is 0 Å². The number of carbonyl (C=O) groups excluding carboxylic acids is 1. The van der Waals surface area contributed by atoms with Crippen molar-refractivity contribution in [2.75, 3.05) is 25.0 Å². The largest absolute Gasteiger partial charge is 0.326 e. The molecular formula is C23H31N3O3S. The molecule has 0 unspecified atom stereocenters. The third kappa shape index (κ3) is 6.65. The van der Waals surface area contributed by atoms with Gasteiger partial charge in [0.05, 0.1) is 4.90 Å². The number of benzene rings is 2. The Morgan fingerprint density at radius 1 is 1.03 bits per heavy atom. The van der Waals surface area contributed by atoms with Crippen LogP contribution >= 0.6 is 0 Å². The van der Waals surface area contributed by atoms with Crippen LogP contribution in [0.4, 0.5) is 5.69 Å². The summed E-state index contributed by atoms with van der Waals surface area (Å²) in [7, 11) is -3.55. The molecule has 1 heterocycles. The second kappa shape index (κ2) is 10.7. The predicted molar refractivity (Wildman–Crippen MR) is 120 cm³/mol. The van der Waals surface area contributed by atoms with Crippen LogP contribution in [0.2, 0.25) is 0 Å². The summed E-state index contributed by atoms with van der Waals surface area (Å²) in [5.41, 5.74) is 1.92. The highest BCUT2D eigenvalue weighted by Crippen LogP contribution is 2.20. The molecule has 1 amide bonds. The highest BCUT2D eigenvalue weighted by molar-refractivity contribution is 7.89. The summed E-state index contributed by atoms with van der Waals surface area (Å²) in [6.45, 7) is 5.30. The molecule has 2 aromatic rings. The van der Waals surface area contributed by atoms with Crippen molar-refractivity contribution in [2.45, 2.75) is 44.0 Å². The van der Waals surface area contributed by atoms with E-state index in [2.05, 4.69) is 39.2 Å². The molecule has 0 aromatic heterocycles. The number of nitrogens with one attached hydrogen (secondary N) is 2. The van der Waals surface area contributed by atoms with Crippen molar-refractivity contribution < 1.29 is 13.2 Å². The van der Waals surface area contributed by atoms with Gasteiger partial charge in [-0.3, -0.25) is 9.69 Å². The van der Waals surface area contributed by atoms with Gasteiger partial charge in [-0.1, -0.05) is 37.3 Å². The van der Waals surface area contributed by atoms with Crippen molar-refractivity contribution in [1.82, 2.24) is 9.62 Å². The maximum absolute atomic E-state index is 12.6. The molecule has 1 aliphatic heterocycles. The number of likely N-dealkylation sites (tertiary alicyclic amines) is 1. The van der Waals surface area contributed by atoms with Gasteiger partial charge in [0.2, 0.25) is 15.9 Å². The minimum absolute atomic E-state index is 0.0650. The molecule has 1 aliphatic rings. The summed E-state index contributed by atoms with van der Waals surface area (Å²) in [5.74, 6) is 0.282. The maximum atomic E-state index is 12.6. The summed E-state index contributed by atoms with van der Waals surface area (Å²) < 4.78 is 28.0. The van der Waals surface area contributed by atoms with Crippen LogP contribution in [0, 0.1) is 5.92 Å². The number of hydrogen-bond acceptors (Lipinski definition) is 4. The monoisotopic (exact) mass is 429 g/mol. The van der Waals surface area contributed by atoms with Gasteiger partial charge < -0.3 is 5.32 Å². The Labute approximate surface area is 179 Å². The second-order valence-corrected chi connectivity index (χ2v) is 9.65. The van der Waals surface area contributed by atoms with Gasteiger partial charge in [-0.2, -0.15) is 0 Å². The van der Waals surface area contributed by atoms with Crippen LogP contribution in [-0.2, 0) is 21.4 Å². The first-order valence-electron chi connectivity index (χ1n) is 10.6. The zero-order valence-electron chi connectivity index (χ0n) is 17.5. The zero-order chi connectivity index (χ0) is 21.4. The van der Waals surface area contributed by atoms with E-state index in [1.807, 2.05) is 13.0 Å². The van der Waals surface area contributed by atoms with Gasteiger partial charge in [-0.05, 0) is 68.1 Å². The Kier molecular flexibility index (Phi) is 8.01. The SMILES string of the molecule is CCCC(=O)Nc1ccc(S(=O)(=O)NCC2CCN(Cc3ccccc3)CC2)cc1. The van der Waals surface area contributed by atoms with Gasteiger partial charge in [0.15, 0.2) is 0 Å². The van der Waals surface area contributed by atoms with Crippen molar-refractivity contribution in [2.24, 2.45) is 5.92 Å². The quantitative estimate of drug-likeness (QED) is 0.638. The Bertz CT molecular complexity index is 906. The Hall–Kier alpha value is -2.22. The third-order valence-electron chi connectivity index (χ3n) is 5.44. The fourth-order valence-electron chi connectivity index (χ4n) is 3.67. The molecule has 1 fully saturated rings. The minimum Gasteiger partial charge on any atom is -0.326 e. The first-order valence-corrected chi connectivity index (χ1v) is 12.1. The summed E-state index contributed by atoms with van der Waals surface area (Å²) in [6.07, 6.45) is 3.19. The van der Waals surface area contributed by atoms with E-state index in [1.54, 1.807) is 12.1 Å². The normalized spacial score (nSPS) is 15.8. The Balaban J connectivity index is 1.45. The molecule has 6 nitrogen and oxygen atoms in total. The number of carbonyl (C=O) groups is 1. The molecule has 1 saturated heterocycles. The minimum atomic E-state index is -3.55. The van der Waals surface area contributed by atoms with E-state index in [0.29, 0.717) is 24.6 Å².